The average Bonchev–Trinajstić information content (AvgIpc) is 2.36. The summed E-state index contributed by atoms with van der Waals surface area (Å²) in [5, 5.41) is 3.45. The summed E-state index contributed by atoms with van der Waals surface area (Å²) < 4.78 is 0.801. The van der Waals surface area contributed by atoms with E-state index in [1.807, 2.05) is 32.0 Å². The normalized spacial score (nSPS) is 10.3. The number of aryl methyl sites for hydroxylation is 2. The molecule has 0 spiro atoms. The van der Waals surface area contributed by atoms with Gasteiger partial charge in [-0.05, 0) is 59.6 Å². The van der Waals surface area contributed by atoms with Gasteiger partial charge in [0.15, 0.2) is 0 Å². The van der Waals surface area contributed by atoms with Gasteiger partial charge < -0.3 is 5.32 Å². The Morgan fingerprint density at radius 2 is 1.89 bits per heavy atom. The predicted octanol–water partition coefficient (Wildman–Crippen LogP) is 4.97. The standard InChI is InChI=1S/C15H13BrClNO/c1-9-3-4-10(2)12(7-9)15(19)18-14-8-11(17)5-6-13(14)16/h3-8H,1-2H3,(H,18,19). The summed E-state index contributed by atoms with van der Waals surface area (Å²) in [6, 6.07) is 11.1. The fraction of sp³-hybridized carbons (Fsp3) is 0.133. The van der Waals surface area contributed by atoms with Crippen molar-refractivity contribution < 1.29 is 4.79 Å². The van der Waals surface area contributed by atoms with E-state index in [-0.39, 0.29) is 5.91 Å². The lowest BCUT2D eigenvalue weighted by molar-refractivity contribution is 0.102. The van der Waals surface area contributed by atoms with Gasteiger partial charge >= 0.3 is 0 Å². The lowest BCUT2D eigenvalue weighted by atomic mass is 10.1. The van der Waals surface area contributed by atoms with Crippen LogP contribution in [0.25, 0.3) is 0 Å². The van der Waals surface area contributed by atoms with E-state index in [0.717, 1.165) is 15.6 Å². The molecular formula is C15H13BrClNO. The minimum atomic E-state index is -0.135. The van der Waals surface area contributed by atoms with Crippen LogP contribution in [0.1, 0.15) is 21.5 Å². The van der Waals surface area contributed by atoms with Gasteiger partial charge in [-0.25, -0.2) is 0 Å². The Hall–Kier alpha value is -1.32. The number of carbonyl (C=O) groups excluding carboxylic acids is 1. The third-order valence-electron chi connectivity index (χ3n) is 2.81. The molecule has 0 heterocycles. The molecule has 0 fully saturated rings. The molecular weight excluding hydrogens is 326 g/mol. The van der Waals surface area contributed by atoms with Crippen molar-refractivity contribution in [2.45, 2.75) is 13.8 Å². The van der Waals surface area contributed by atoms with Gasteiger partial charge in [0.05, 0.1) is 5.69 Å². The Bertz CT molecular complexity index is 640. The first-order valence-corrected chi connectivity index (χ1v) is 6.98. The molecule has 0 aliphatic heterocycles. The van der Waals surface area contributed by atoms with Crippen LogP contribution in [0, 0.1) is 13.8 Å². The van der Waals surface area contributed by atoms with Crippen LogP contribution in [0.3, 0.4) is 0 Å². The highest BCUT2D eigenvalue weighted by Crippen LogP contribution is 2.26. The molecule has 19 heavy (non-hydrogen) atoms. The van der Waals surface area contributed by atoms with Crippen LogP contribution in [0.2, 0.25) is 5.02 Å². The highest BCUT2D eigenvalue weighted by atomic mass is 79.9. The fourth-order valence-electron chi connectivity index (χ4n) is 1.76. The van der Waals surface area contributed by atoms with Crippen molar-refractivity contribution in [3.05, 3.63) is 62.6 Å². The molecule has 2 nitrogen and oxygen atoms in total. The summed E-state index contributed by atoms with van der Waals surface area (Å²) in [6.07, 6.45) is 0. The molecule has 0 radical (unpaired) electrons. The second-order valence-electron chi connectivity index (χ2n) is 4.40. The van der Waals surface area contributed by atoms with E-state index in [2.05, 4.69) is 21.2 Å². The monoisotopic (exact) mass is 337 g/mol. The summed E-state index contributed by atoms with van der Waals surface area (Å²) >= 11 is 9.32. The predicted molar refractivity (Wildman–Crippen MR) is 83.0 cm³/mol. The molecule has 2 rings (SSSR count). The molecule has 2 aromatic carbocycles. The SMILES string of the molecule is Cc1ccc(C)c(C(=O)Nc2cc(Cl)ccc2Br)c1. The first kappa shape index (κ1) is 14.1. The fourth-order valence-corrected chi connectivity index (χ4v) is 2.28. The molecule has 0 saturated carbocycles. The molecule has 4 heteroatoms. The number of hydrogen-bond acceptors (Lipinski definition) is 1. The summed E-state index contributed by atoms with van der Waals surface area (Å²) in [4.78, 5) is 12.3. The summed E-state index contributed by atoms with van der Waals surface area (Å²) in [5.74, 6) is -0.135. The molecule has 0 aliphatic carbocycles. The Labute approximate surface area is 125 Å². The smallest absolute Gasteiger partial charge is 0.255 e. The topological polar surface area (TPSA) is 29.1 Å². The minimum absolute atomic E-state index is 0.135. The minimum Gasteiger partial charge on any atom is -0.321 e. The number of benzene rings is 2. The van der Waals surface area contributed by atoms with Crippen LogP contribution in [-0.4, -0.2) is 5.91 Å². The molecule has 0 saturated heterocycles. The molecule has 1 amide bonds. The number of nitrogens with one attached hydrogen (secondary N) is 1. The maximum absolute atomic E-state index is 12.3. The molecule has 0 aliphatic rings. The third-order valence-corrected chi connectivity index (χ3v) is 3.74. The molecule has 2 aromatic rings. The van der Waals surface area contributed by atoms with E-state index >= 15 is 0 Å². The zero-order chi connectivity index (χ0) is 14.0. The summed E-state index contributed by atoms with van der Waals surface area (Å²) in [6.45, 7) is 3.88. The quantitative estimate of drug-likeness (QED) is 0.823. The van der Waals surface area contributed by atoms with Crippen LogP contribution in [0.4, 0.5) is 5.69 Å². The third kappa shape index (κ3) is 3.37. The van der Waals surface area contributed by atoms with Gasteiger partial charge in [0, 0.05) is 15.1 Å². The van der Waals surface area contributed by atoms with Gasteiger partial charge in [0.2, 0.25) is 0 Å². The second-order valence-corrected chi connectivity index (χ2v) is 5.69. The lowest BCUT2D eigenvalue weighted by Crippen LogP contribution is -2.14. The number of carbonyl (C=O) groups is 1. The number of amides is 1. The molecule has 0 bridgehead atoms. The molecule has 0 atom stereocenters. The molecule has 0 aromatic heterocycles. The number of rotatable bonds is 2. The number of hydrogen-bond donors (Lipinski definition) is 1. The Balaban J connectivity index is 2.30. The maximum atomic E-state index is 12.3. The van der Waals surface area contributed by atoms with E-state index in [4.69, 9.17) is 11.6 Å². The van der Waals surface area contributed by atoms with Crippen molar-refractivity contribution in [2.24, 2.45) is 0 Å². The summed E-state index contributed by atoms with van der Waals surface area (Å²) in [5.41, 5.74) is 3.34. The van der Waals surface area contributed by atoms with E-state index < -0.39 is 0 Å². The van der Waals surface area contributed by atoms with Crippen molar-refractivity contribution in [2.75, 3.05) is 5.32 Å². The zero-order valence-electron chi connectivity index (χ0n) is 10.6. The van der Waals surface area contributed by atoms with Crippen LogP contribution < -0.4 is 5.32 Å². The van der Waals surface area contributed by atoms with E-state index in [1.165, 1.54) is 0 Å². The van der Waals surface area contributed by atoms with E-state index in [1.54, 1.807) is 18.2 Å². The van der Waals surface area contributed by atoms with Crippen molar-refractivity contribution >= 4 is 39.1 Å². The number of halogens is 2. The Morgan fingerprint density at radius 1 is 1.16 bits per heavy atom. The van der Waals surface area contributed by atoms with Crippen molar-refractivity contribution in [3.63, 3.8) is 0 Å². The molecule has 1 N–H and O–H groups in total. The zero-order valence-corrected chi connectivity index (χ0v) is 13.0. The van der Waals surface area contributed by atoms with Crippen LogP contribution >= 0.6 is 27.5 Å². The van der Waals surface area contributed by atoms with E-state index in [9.17, 15) is 4.79 Å². The first-order valence-electron chi connectivity index (χ1n) is 5.81. The van der Waals surface area contributed by atoms with Gasteiger partial charge in [-0.3, -0.25) is 4.79 Å². The highest BCUT2D eigenvalue weighted by molar-refractivity contribution is 9.10. The molecule has 0 unspecified atom stereocenters. The van der Waals surface area contributed by atoms with Gasteiger partial charge in [-0.15, -0.1) is 0 Å². The van der Waals surface area contributed by atoms with Gasteiger partial charge in [-0.2, -0.15) is 0 Å². The second kappa shape index (κ2) is 5.76. The number of anilines is 1. The summed E-state index contributed by atoms with van der Waals surface area (Å²) in [7, 11) is 0. The van der Waals surface area contributed by atoms with Gasteiger partial charge in [0.1, 0.15) is 0 Å². The van der Waals surface area contributed by atoms with Crippen molar-refractivity contribution in [1.29, 1.82) is 0 Å². The van der Waals surface area contributed by atoms with Crippen LogP contribution in [0.15, 0.2) is 40.9 Å². The van der Waals surface area contributed by atoms with Crippen molar-refractivity contribution in [1.82, 2.24) is 0 Å². The molecule has 98 valence electrons. The van der Waals surface area contributed by atoms with Crippen LogP contribution in [0.5, 0.6) is 0 Å². The lowest BCUT2D eigenvalue weighted by Gasteiger charge is -2.10. The van der Waals surface area contributed by atoms with Gasteiger partial charge in [-0.1, -0.05) is 29.3 Å². The Morgan fingerprint density at radius 3 is 2.63 bits per heavy atom. The first-order chi connectivity index (χ1) is 8.97. The van der Waals surface area contributed by atoms with Gasteiger partial charge in [0.25, 0.3) is 5.91 Å². The average molecular weight is 339 g/mol. The van der Waals surface area contributed by atoms with Crippen molar-refractivity contribution in [3.8, 4) is 0 Å². The largest absolute Gasteiger partial charge is 0.321 e. The van der Waals surface area contributed by atoms with Crippen LogP contribution in [-0.2, 0) is 0 Å². The van der Waals surface area contributed by atoms with E-state index in [0.29, 0.717) is 16.3 Å². The Kier molecular flexibility index (Phi) is 4.27. The maximum Gasteiger partial charge on any atom is 0.255 e. The highest BCUT2D eigenvalue weighted by Gasteiger charge is 2.11.